The molecular weight excluding hydrogens is 409 g/mol. The van der Waals surface area contributed by atoms with Crippen LogP contribution in [0.1, 0.15) is 33.6 Å². The number of anilines is 1. The first-order valence-corrected chi connectivity index (χ1v) is 10.1. The van der Waals surface area contributed by atoms with Gasteiger partial charge in [0.05, 0.1) is 16.0 Å². The van der Waals surface area contributed by atoms with Crippen LogP contribution in [0.2, 0.25) is 0 Å². The third-order valence-corrected chi connectivity index (χ3v) is 4.75. The first-order chi connectivity index (χ1) is 13.4. The van der Waals surface area contributed by atoms with Crippen molar-refractivity contribution in [2.24, 2.45) is 5.41 Å². The summed E-state index contributed by atoms with van der Waals surface area (Å²) < 4.78 is 43.8. The molecule has 2 rings (SSSR count). The Morgan fingerprint density at radius 3 is 2.48 bits per heavy atom. The molecule has 0 atom stereocenters. The highest BCUT2D eigenvalue weighted by Crippen LogP contribution is 2.33. The molecule has 0 aromatic heterocycles. The quantitative estimate of drug-likeness (QED) is 0.381. The van der Waals surface area contributed by atoms with Crippen molar-refractivity contribution in [1.82, 2.24) is 5.06 Å². The summed E-state index contributed by atoms with van der Waals surface area (Å²) in [4.78, 5) is 27.6. The SMILES string of the molecule is CC(C)(C)C(=O)ON1CCC(F)(COc2ccc(N[SH](=O)=O)cc2[N+](=O)[O-])CC1. The molecule has 0 unspecified atom stereocenters. The number of benzene rings is 1. The van der Waals surface area contributed by atoms with Crippen LogP contribution in [0.25, 0.3) is 0 Å². The first kappa shape index (κ1) is 22.8. The number of nitro groups is 1. The molecule has 1 heterocycles. The highest BCUT2D eigenvalue weighted by atomic mass is 32.2. The molecule has 162 valence electrons. The lowest BCUT2D eigenvalue weighted by molar-refractivity contribution is -0.385. The summed E-state index contributed by atoms with van der Waals surface area (Å²) in [6.07, 6.45) is 0.0447. The number of carbonyl (C=O) groups excluding carboxylic acids is 1. The molecule has 0 radical (unpaired) electrons. The highest BCUT2D eigenvalue weighted by molar-refractivity contribution is 7.73. The first-order valence-electron chi connectivity index (χ1n) is 8.88. The van der Waals surface area contributed by atoms with Crippen LogP contribution >= 0.6 is 0 Å². The lowest BCUT2D eigenvalue weighted by atomic mass is 9.95. The Balaban J connectivity index is 1.98. The van der Waals surface area contributed by atoms with Crippen LogP contribution < -0.4 is 9.46 Å². The highest BCUT2D eigenvalue weighted by Gasteiger charge is 2.38. The van der Waals surface area contributed by atoms with E-state index < -0.39 is 45.2 Å². The number of carbonyl (C=O) groups is 1. The Kier molecular flexibility index (Phi) is 7.01. The monoisotopic (exact) mass is 433 g/mol. The average Bonchev–Trinajstić information content (AvgIpc) is 2.61. The number of rotatable bonds is 7. The van der Waals surface area contributed by atoms with Gasteiger partial charge in [-0.2, -0.15) is 0 Å². The summed E-state index contributed by atoms with van der Waals surface area (Å²) in [5.41, 5.74) is -2.89. The zero-order valence-corrected chi connectivity index (χ0v) is 17.2. The largest absolute Gasteiger partial charge is 0.483 e. The van der Waals surface area contributed by atoms with Crippen molar-refractivity contribution < 1.29 is 32.1 Å². The maximum atomic E-state index is 15.0. The summed E-state index contributed by atoms with van der Waals surface area (Å²) in [7, 11) is -2.98. The topological polar surface area (TPSA) is 128 Å². The van der Waals surface area contributed by atoms with Gasteiger partial charge >= 0.3 is 11.7 Å². The third kappa shape index (κ3) is 6.53. The Bertz CT molecular complexity index is 838. The van der Waals surface area contributed by atoms with E-state index in [0.29, 0.717) is 0 Å². The van der Waals surface area contributed by atoms with Gasteiger partial charge in [-0.25, -0.2) is 17.6 Å². The normalized spacial score (nSPS) is 17.0. The molecule has 0 aliphatic carbocycles. The summed E-state index contributed by atoms with van der Waals surface area (Å²) in [6.45, 7) is 5.07. The van der Waals surface area contributed by atoms with Crippen LogP contribution in [0, 0.1) is 15.5 Å². The zero-order chi connectivity index (χ0) is 21.8. The molecule has 0 saturated carbocycles. The Morgan fingerprint density at radius 2 is 1.97 bits per heavy atom. The van der Waals surface area contributed by atoms with Crippen LogP contribution in [0.15, 0.2) is 18.2 Å². The van der Waals surface area contributed by atoms with E-state index >= 15 is 4.39 Å². The van der Waals surface area contributed by atoms with Gasteiger partial charge in [0.2, 0.25) is 10.9 Å². The second-order valence-corrected chi connectivity index (χ2v) is 8.54. The number of piperidine rings is 1. The van der Waals surface area contributed by atoms with Crippen molar-refractivity contribution in [3.63, 3.8) is 0 Å². The summed E-state index contributed by atoms with van der Waals surface area (Å²) in [5.74, 6) is -0.579. The van der Waals surface area contributed by atoms with Crippen LogP contribution in [0.4, 0.5) is 15.8 Å². The molecule has 0 spiro atoms. The number of halogens is 1. The number of thiol groups is 1. The Labute approximate surface area is 169 Å². The van der Waals surface area contributed by atoms with E-state index in [2.05, 4.69) is 0 Å². The molecule has 1 aliphatic rings. The molecular formula is C17H24FN3O7S. The van der Waals surface area contributed by atoms with E-state index in [9.17, 15) is 23.3 Å². The smallest absolute Gasteiger partial charge is 0.330 e. The minimum atomic E-state index is -2.98. The van der Waals surface area contributed by atoms with E-state index in [1.54, 1.807) is 20.8 Å². The average molecular weight is 433 g/mol. The van der Waals surface area contributed by atoms with Gasteiger partial charge in [-0.3, -0.25) is 14.8 Å². The predicted molar refractivity (Wildman–Crippen MR) is 103 cm³/mol. The molecule has 1 aromatic rings. The molecule has 10 nitrogen and oxygen atoms in total. The van der Waals surface area contributed by atoms with Gasteiger partial charge in [0.15, 0.2) is 5.75 Å². The van der Waals surface area contributed by atoms with Crippen molar-refractivity contribution in [1.29, 1.82) is 0 Å². The summed E-state index contributed by atoms with van der Waals surface area (Å²) in [5, 5.41) is 12.6. The molecule has 1 fully saturated rings. The molecule has 29 heavy (non-hydrogen) atoms. The number of hydroxylamine groups is 2. The minimum Gasteiger partial charge on any atom is -0.483 e. The number of hydrogen-bond acceptors (Lipinski definition) is 8. The lowest BCUT2D eigenvalue weighted by Gasteiger charge is -2.35. The van der Waals surface area contributed by atoms with E-state index in [4.69, 9.17) is 9.57 Å². The van der Waals surface area contributed by atoms with Crippen molar-refractivity contribution in [2.45, 2.75) is 39.3 Å². The molecule has 1 aromatic carbocycles. The number of nitro benzene ring substituents is 1. The molecule has 1 saturated heterocycles. The van der Waals surface area contributed by atoms with Crippen LogP contribution in [0.5, 0.6) is 5.75 Å². The summed E-state index contributed by atoms with van der Waals surface area (Å²) in [6, 6.07) is 3.50. The van der Waals surface area contributed by atoms with Crippen LogP contribution in [0.3, 0.4) is 0 Å². The standard InChI is InChI=1S/C17H24FN3O7S/c1-16(2,3)15(22)28-20-8-6-17(18,7-9-20)11-27-14-5-4-12(19-29(25)26)10-13(14)21(23)24/h4-5,10,29H,6-9,11H2,1-3H3,(H,19,25,26). The van der Waals surface area contributed by atoms with Gasteiger partial charge in [-0.15, -0.1) is 5.06 Å². The van der Waals surface area contributed by atoms with Gasteiger partial charge in [-0.05, 0) is 32.9 Å². The zero-order valence-electron chi connectivity index (χ0n) is 16.3. The molecule has 1 N–H and O–H groups in total. The van der Waals surface area contributed by atoms with E-state index in [1.807, 2.05) is 4.72 Å². The van der Waals surface area contributed by atoms with Gasteiger partial charge in [-0.1, -0.05) is 0 Å². The molecule has 0 bridgehead atoms. The minimum absolute atomic E-state index is 0.00379. The van der Waals surface area contributed by atoms with Crippen LogP contribution in [-0.4, -0.2) is 49.7 Å². The second kappa shape index (κ2) is 8.91. The van der Waals surface area contributed by atoms with Gasteiger partial charge < -0.3 is 9.57 Å². The van der Waals surface area contributed by atoms with Crippen molar-refractivity contribution >= 4 is 28.2 Å². The molecule has 0 amide bonds. The van der Waals surface area contributed by atoms with Crippen molar-refractivity contribution in [3.8, 4) is 5.75 Å². The Morgan fingerprint density at radius 1 is 1.34 bits per heavy atom. The predicted octanol–water partition coefficient (Wildman–Crippen LogP) is 2.22. The van der Waals surface area contributed by atoms with E-state index in [1.165, 1.54) is 17.2 Å². The van der Waals surface area contributed by atoms with Gasteiger partial charge in [0, 0.05) is 32.0 Å². The van der Waals surface area contributed by atoms with Crippen LogP contribution in [-0.2, 0) is 20.5 Å². The fourth-order valence-corrected chi connectivity index (χ4v) is 2.89. The maximum Gasteiger partial charge on any atom is 0.330 e. The summed E-state index contributed by atoms with van der Waals surface area (Å²) >= 11 is 0. The number of nitrogens with zero attached hydrogens (tertiary/aromatic N) is 2. The molecule has 12 heteroatoms. The molecule has 1 aliphatic heterocycles. The number of hydrogen-bond donors (Lipinski definition) is 2. The van der Waals surface area contributed by atoms with E-state index in [0.717, 1.165) is 6.07 Å². The van der Waals surface area contributed by atoms with Gasteiger partial charge in [0.25, 0.3) is 0 Å². The fraction of sp³-hybridized carbons (Fsp3) is 0.588. The van der Waals surface area contributed by atoms with Crippen molar-refractivity contribution in [2.75, 3.05) is 24.4 Å². The lowest BCUT2D eigenvalue weighted by Crippen LogP contribution is -2.46. The second-order valence-electron chi connectivity index (χ2n) is 7.81. The van der Waals surface area contributed by atoms with E-state index in [-0.39, 0.29) is 37.4 Å². The van der Waals surface area contributed by atoms with Gasteiger partial charge in [0.1, 0.15) is 12.3 Å². The number of nitrogens with one attached hydrogen (secondary N) is 1. The number of alkyl halides is 1. The third-order valence-electron chi connectivity index (χ3n) is 4.31. The van der Waals surface area contributed by atoms with Crippen molar-refractivity contribution in [3.05, 3.63) is 28.3 Å². The maximum absolute atomic E-state index is 15.0. The number of ether oxygens (including phenoxy) is 1. The Hall–Kier alpha value is -2.47. The fourth-order valence-electron chi connectivity index (χ4n) is 2.54.